The van der Waals surface area contributed by atoms with Gasteiger partial charge in [-0.15, -0.1) is 0 Å². The van der Waals surface area contributed by atoms with Crippen molar-refractivity contribution in [1.29, 1.82) is 0 Å². The maximum absolute atomic E-state index is 13.0. The number of hydrogen-bond acceptors (Lipinski definition) is 4. The molecular weight excluding hydrogens is 367 g/mol. The molecule has 3 atom stereocenters. The number of ether oxygens (including phenoxy) is 1. The molecule has 7 nitrogen and oxygen atoms in total. The molecule has 3 aliphatic rings. The molecule has 1 aromatic carbocycles. The van der Waals surface area contributed by atoms with Gasteiger partial charge in [0.05, 0.1) is 23.3 Å². The van der Waals surface area contributed by atoms with Crippen LogP contribution in [0, 0.1) is 0 Å². The Labute approximate surface area is 152 Å². The summed E-state index contributed by atoms with van der Waals surface area (Å²) in [6.07, 6.45) is -4.10. The topological polar surface area (TPSA) is 70.2 Å². The standard InChI is InChI=1S/C17H16F3N3O4/c1-27-8-13(24)21-7-11-6-12(21)14-15(25)23(16(26)22(11)14)10-4-2-3-9(5-10)17(18,19)20/h2-5,11-12,14H,6-8H2,1H3/t11?,12-,14-/m1/s1. The minimum Gasteiger partial charge on any atom is -0.375 e. The highest BCUT2D eigenvalue weighted by atomic mass is 19.4. The SMILES string of the molecule is COCC(=O)N1CC2C[C@@H]1[C@@H]1C(=O)N(c3cccc(C(F)(F)F)c3)C(=O)N21. The Kier molecular flexibility index (Phi) is 3.91. The molecule has 3 heterocycles. The number of rotatable bonds is 3. The summed E-state index contributed by atoms with van der Waals surface area (Å²) in [7, 11) is 1.39. The third-order valence-electron chi connectivity index (χ3n) is 5.28. The Morgan fingerprint density at radius 2 is 2.04 bits per heavy atom. The molecule has 10 heteroatoms. The monoisotopic (exact) mass is 383 g/mol. The summed E-state index contributed by atoms with van der Waals surface area (Å²) < 4.78 is 43.8. The van der Waals surface area contributed by atoms with E-state index in [1.165, 1.54) is 23.0 Å². The first-order valence-corrected chi connectivity index (χ1v) is 8.36. The van der Waals surface area contributed by atoms with E-state index in [4.69, 9.17) is 4.74 Å². The molecule has 0 aliphatic carbocycles. The number of alkyl halides is 3. The average molecular weight is 383 g/mol. The largest absolute Gasteiger partial charge is 0.416 e. The molecule has 0 radical (unpaired) electrons. The first-order chi connectivity index (χ1) is 12.7. The molecular formula is C17H16F3N3O4. The molecule has 2 bridgehead atoms. The van der Waals surface area contributed by atoms with Crippen molar-refractivity contribution >= 4 is 23.5 Å². The Morgan fingerprint density at radius 1 is 1.30 bits per heavy atom. The van der Waals surface area contributed by atoms with Crippen LogP contribution < -0.4 is 4.90 Å². The molecule has 3 aliphatic heterocycles. The second kappa shape index (κ2) is 5.95. The average Bonchev–Trinajstić information content (AvgIpc) is 3.26. The maximum atomic E-state index is 13.0. The van der Waals surface area contributed by atoms with Crippen LogP contribution in [0.1, 0.15) is 12.0 Å². The van der Waals surface area contributed by atoms with E-state index in [2.05, 4.69) is 0 Å². The molecule has 3 saturated heterocycles. The predicted molar refractivity (Wildman–Crippen MR) is 85.7 cm³/mol. The van der Waals surface area contributed by atoms with Gasteiger partial charge in [0.25, 0.3) is 5.91 Å². The first-order valence-electron chi connectivity index (χ1n) is 8.36. The number of anilines is 1. The lowest BCUT2D eigenvalue weighted by Gasteiger charge is -2.34. The molecule has 1 unspecified atom stereocenters. The normalized spacial score (nSPS) is 27.0. The van der Waals surface area contributed by atoms with Crippen LogP contribution in [-0.2, 0) is 20.5 Å². The third-order valence-corrected chi connectivity index (χ3v) is 5.28. The summed E-state index contributed by atoms with van der Waals surface area (Å²) in [6, 6.07) is 1.80. The van der Waals surface area contributed by atoms with Crippen molar-refractivity contribution in [2.24, 2.45) is 0 Å². The number of amides is 4. The number of piperazine rings is 1. The van der Waals surface area contributed by atoms with Crippen LogP contribution in [0.5, 0.6) is 0 Å². The second-order valence-corrected chi connectivity index (χ2v) is 6.79. The van der Waals surface area contributed by atoms with Crippen LogP contribution >= 0.6 is 0 Å². The van der Waals surface area contributed by atoms with Crippen molar-refractivity contribution < 1.29 is 32.3 Å². The smallest absolute Gasteiger partial charge is 0.375 e. The molecule has 3 fully saturated rings. The number of likely N-dealkylation sites (tertiary alicyclic amines) is 1. The summed E-state index contributed by atoms with van der Waals surface area (Å²) in [4.78, 5) is 41.5. The van der Waals surface area contributed by atoms with Gasteiger partial charge >= 0.3 is 12.2 Å². The minimum atomic E-state index is -4.58. The van der Waals surface area contributed by atoms with Gasteiger partial charge in [-0.05, 0) is 24.6 Å². The number of nitrogens with zero attached hydrogens (tertiary/aromatic N) is 3. The summed E-state index contributed by atoms with van der Waals surface area (Å²) in [5, 5.41) is 0. The first kappa shape index (κ1) is 17.8. The Hall–Kier alpha value is -2.62. The quantitative estimate of drug-likeness (QED) is 0.742. The number of carbonyl (C=O) groups excluding carboxylic acids is 3. The summed E-state index contributed by atoms with van der Waals surface area (Å²) in [6.45, 7) is 0.161. The zero-order chi connectivity index (χ0) is 19.5. The molecule has 4 rings (SSSR count). The van der Waals surface area contributed by atoms with Gasteiger partial charge in [0, 0.05) is 13.7 Å². The van der Waals surface area contributed by atoms with E-state index in [1.807, 2.05) is 0 Å². The van der Waals surface area contributed by atoms with Crippen molar-refractivity contribution in [3.63, 3.8) is 0 Å². The molecule has 0 aromatic heterocycles. The van der Waals surface area contributed by atoms with Crippen LogP contribution in [0.25, 0.3) is 0 Å². The van der Waals surface area contributed by atoms with Crippen LogP contribution in [0.4, 0.5) is 23.7 Å². The van der Waals surface area contributed by atoms with E-state index >= 15 is 0 Å². The molecule has 0 saturated carbocycles. The number of methoxy groups -OCH3 is 1. The van der Waals surface area contributed by atoms with Crippen LogP contribution in [0.15, 0.2) is 24.3 Å². The van der Waals surface area contributed by atoms with Gasteiger partial charge in [-0.2, -0.15) is 13.2 Å². The van der Waals surface area contributed by atoms with E-state index in [0.29, 0.717) is 13.0 Å². The van der Waals surface area contributed by atoms with Gasteiger partial charge in [-0.3, -0.25) is 9.59 Å². The Bertz CT molecular complexity index is 828. The van der Waals surface area contributed by atoms with Crippen molar-refractivity contribution in [2.75, 3.05) is 25.2 Å². The molecule has 1 aromatic rings. The van der Waals surface area contributed by atoms with Gasteiger partial charge in [0.1, 0.15) is 12.6 Å². The van der Waals surface area contributed by atoms with E-state index in [9.17, 15) is 27.6 Å². The molecule has 4 amide bonds. The number of benzene rings is 1. The summed E-state index contributed by atoms with van der Waals surface area (Å²) in [5.74, 6) is -0.885. The molecule has 0 spiro atoms. The van der Waals surface area contributed by atoms with E-state index in [1.54, 1.807) is 0 Å². The number of fused-ring (bicyclic) bond motifs is 5. The Balaban J connectivity index is 1.64. The summed E-state index contributed by atoms with van der Waals surface area (Å²) >= 11 is 0. The van der Waals surface area contributed by atoms with Crippen molar-refractivity contribution in [1.82, 2.24) is 9.80 Å². The van der Waals surface area contributed by atoms with Gasteiger partial charge < -0.3 is 14.5 Å². The molecule has 144 valence electrons. The van der Waals surface area contributed by atoms with E-state index in [0.717, 1.165) is 23.1 Å². The van der Waals surface area contributed by atoms with Crippen LogP contribution in [0.3, 0.4) is 0 Å². The van der Waals surface area contributed by atoms with Gasteiger partial charge in [0.15, 0.2) is 0 Å². The highest BCUT2D eigenvalue weighted by Gasteiger charge is 2.62. The highest BCUT2D eigenvalue weighted by Crippen LogP contribution is 2.43. The van der Waals surface area contributed by atoms with Crippen LogP contribution in [-0.4, -0.2) is 66.0 Å². The van der Waals surface area contributed by atoms with Crippen molar-refractivity contribution in [3.05, 3.63) is 29.8 Å². The zero-order valence-electron chi connectivity index (χ0n) is 14.3. The van der Waals surface area contributed by atoms with Gasteiger partial charge in [-0.25, -0.2) is 9.69 Å². The number of halogens is 3. The third kappa shape index (κ3) is 2.58. The lowest BCUT2D eigenvalue weighted by atomic mass is 10.1. The summed E-state index contributed by atoms with van der Waals surface area (Å²) in [5.41, 5.74) is -1.06. The van der Waals surface area contributed by atoms with Crippen LogP contribution in [0.2, 0.25) is 0 Å². The molecule has 0 N–H and O–H groups in total. The number of carbonyl (C=O) groups is 3. The number of imide groups is 1. The number of urea groups is 1. The van der Waals surface area contributed by atoms with Gasteiger partial charge in [-0.1, -0.05) is 6.07 Å². The predicted octanol–water partition coefficient (Wildman–Crippen LogP) is 1.47. The van der Waals surface area contributed by atoms with Crippen molar-refractivity contribution in [2.45, 2.75) is 30.7 Å². The fourth-order valence-corrected chi connectivity index (χ4v) is 4.21. The minimum absolute atomic E-state index is 0.122. The maximum Gasteiger partial charge on any atom is 0.416 e. The molecule has 27 heavy (non-hydrogen) atoms. The van der Waals surface area contributed by atoms with E-state index in [-0.39, 0.29) is 24.2 Å². The number of hydrogen-bond donors (Lipinski definition) is 0. The fourth-order valence-electron chi connectivity index (χ4n) is 4.21. The highest BCUT2D eigenvalue weighted by molar-refractivity contribution is 6.22. The van der Waals surface area contributed by atoms with E-state index < -0.39 is 35.8 Å². The van der Waals surface area contributed by atoms with Gasteiger partial charge in [0.2, 0.25) is 5.91 Å². The zero-order valence-corrected chi connectivity index (χ0v) is 14.3. The fraction of sp³-hybridized carbons (Fsp3) is 0.471. The second-order valence-electron chi connectivity index (χ2n) is 6.79. The lowest BCUT2D eigenvalue weighted by Crippen LogP contribution is -2.55. The lowest BCUT2D eigenvalue weighted by molar-refractivity contribution is -0.139. The van der Waals surface area contributed by atoms with Crippen molar-refractivity contribution in [3.8, 4) is 0 Å². The Morgan fingerprint density at radius 3 is 2.70 bits per heavy atom.